The average Bonchev–Trinajstić information content (AvgIpc) is 2.90. The molecule has 2 heterocycles. The number of fused-ring (bicyclic) bond motifs is 1. The summed E-state index contributed by atoms with van der Waals surface area (Å²) < 4.78 is 11.4. The van der Waals surface area contributed by atoms with Crippen LogP contribution in [-0.4, -0.2) is 13.2 Å². The monoisotopic (exact) mass is 289 g/mol. The molecule has 0 spiro atoms. The van der Waals surface area contributed by atoms with E-state index in [1.165, 1.54) is 10.4 Å². The number of benzene rings is 1. The first-order chi connectivity index (χ1) is 9.83. The van der Waals surface area contributed by atoms with Gasteiger partial charge in [-0.1, -0.05) is 12.1 Å². The molecule has 0 bridgehead atoms. The van der Waals surface area contributed by atoms with E-state index in [9.17, 15) is 0 Å². The van der Waals surface area contributed by atoms with E-state index in [2.05, 4.69) is 41.9 Å². The zero-order valence-electron chi connectivity index (χ0n) is 11.6. The third-order valence-corrected chi connectivity index (χ3v) is 4.45. The Bertz CT molecular complexity index is 554. The molecule has 0 radical (unpaired) electrons. The van der Waals surface area contributed by atoms with E-state index in [0.717, 1.165) is 37.7 Å². The summed E-state index contributed by atoms with van der Waals surface area (Å²) >= 11 is 1.78. The lowest BCUT2D eigenvalue weighted by Crippen LogP contribution is -2.17. The first kappa shape index (κ1) is 13.5. The molecule has 1 aromatic carbocycles. The molecule has 0 amide bonds. The predicted octanol–water partition coefficient (Wildman–Crippen LogP) is 3.76. The Labute approximate surface area is 123 Å². The van der Waals surface area contributed by atoms with Crippen LogP contribution >= 0.6 is 11.3 Å². The summed E-state index contributed by atoms with van der Waals surface area (Å²) in [5.74, 6) is 1.73. The Hall–Kier alpha value is -1.52. The van der Waals surface area contributed by atoms with E-state index in [-0.39, 0.29) is 0 Å². The highest BCUT2D eigenvalue weighted by Gasteiger charge is 2.11. The summed E-state index contributed by atoms with van der Waals surface area (Å²) in [4.78, 5) is 1.36. The molecule has 0 fully saturated rings. The van der Waals surface area contributed by atoms with Crippen LogP contribution in [0.4, 0.5) is 0 Å². The fourth-order valence-electron chi connectivity index (χ4n) is 2.23. The molecule has 1 unspecified atom stereocenters. The molecule has 4 heteroatoms. The molecule has 1 N–H and O–H groups in total. The van der Waals surface area contributed by atoms with Gasteiger partial charge in [0, 0.05) is 23.9 Å². The zero-order valence-corrected chi connectivity index (χ0v) is 12.4. The molecule has 1 aliphatic heterocycles. The molecular formula is C16H19NO2S. The molecule has 1 atom stereocenters. The maximum atomic E-state index is 5.72. The van der Waals surface area contributed by atoms with Gasteiger partial charge < -0.3 is 14.8 Å². The number of hydrogen-bond donors (Lipinski definition) is 1. The number of ether oxygens (including phenoxy) is 2. The van der Waals surface area contributed by atoms with Crippen molar-refractivity contribution >= 4 is 11.3 Å². The van der Waals surface area contributed by atoms with Crippen molar-refractivity contribution in [3.63, 3.8) is 0 Å². The Balaban J connectivity index is 1.64. The van der Waals surface area contributed by atoms with Gasteiger partial charge in [-0.15, -0.1) is 11.3 Å². The first-order valence-electron chi connectivity index (χ1n) is 6.98. The molecule has 20 heavy (non-hydrogen) atoms. The molecule has 0 saturated heterocycles. The molecule has 1 aliphatic rings. The normalized spacial score (nSPS) is 15.7. The number of hydrogen-bond acceptors (Lipinski definition) is 4. The van der Waals surface area contributed by atoms with Crippen LogP contribution in [0.2, 0.25) is 0 Å². The van der Waals surface area contributed by atoms with Gasteiger partial charge in [0.05, 0.1) is 13.2 Å². The predicted molar refractivity (Wildman–Crippen MR) is 81.6 cm³/mol. The van der Waals surface area contributed by atoms with E-state index >= 15 is 0 Å². The molecular weight excluding hydrogens is 270 g/mol. The Morgan fingerprint density at radius 1 is 1.20 bits per heavy atom. The summed E-state index contributed by atoms with van der Waals surface area (Å²) in [5, 5.41) is 5.65. The molecule has 2 aromatic rings. The van der Waals surface area contributed by atoms with Crippen molar-refractivity contribution in [1.29, 1.82) is 0 Å². The summed E-state index contributed by atoms with van der Waals surface area (Å²) in [6.45, 7) is 4.49. The zero-order chi connectivity index (χ0) is 13.8. The van der Waals surface area contributed by atoms with Crippen LogP contribution in [0.5, 0.6) is 11.5 Å². The molecule has 3 nitrogen and oxygen atoms in total. The fraction of sp³-hybridized carbons (Fsp3) is 0.375. The van der Waals surface area contributed by atoms with E-state index in [1.807, 2.05) is 6.07 Å². The van der Waals surface area contributed by atoms with Crippen LogP contribution in [0.25, 0.3) is 0 Å². The summed E-state index contributed by atoms with van der Waals surface area (Å²) in [6, 6.07) is 10.8. The van der Waals surface area contributed by atoms with Gasteiger partial charge in [0.1, 0.15) is 0 Å². The second kappa shape index (κ2) is 6.29. The highest BCUT2D eigenvalue weighted by Crippen LogP contribution is 2.30. The van der Waals surface area contributed by atoms with E-state index < -0.39 is 0 Å². The molecule has 106 valence electrons. The second-order valence-corrected chi connectivity index (χ2v) is 5.93. The lowest BCUT2D eigenvalue weighted by Gasteiger charge is -2.13. The van der Waals surface area contributed by atoms with Crippen LogP contribution in [-0.2, 0) is 6.54 Å². The van der Waals surface area contributed by atoms with Crippen molar-refractivity contribution in [1.82, 2.24) is 5.32 Å². The van der Waals surface area contributed by atoms with Gasteiger partial charge in [-0.2, -0.15) is 0 Å². The van der Waals surface area contributed by atoms with E-state index in [4.69, 9.17) is 9.47 Å². The van der Waals surface area contributed by atoms with E-state index in [0.29, 0.717) is 6.04 Å². The maximum absolute atomic E-state index is 5.72. The molecule has 0 aliphatic carbocycles. The van der Waals surface area contributed by atoms with Crippen molar-refractivity contribution in [3.05, 3.63) is 46.2 Å². The second-order valence-electron chi connectivity index (χ2n) is 4.95. The van der Waals surface area contributed by atoms with Crippen LogP contribution < -0.4 is 14.8 Å². The number of thiophene rings is 1. The topological polar surface area (TPSA) is 30.5 Å². The summed E-state index contributed by atoms with van der Waals surface area (Å²) in [5.41, 5.74) is 1.22. The van der Waals surface area contributed by atoms with Gasteiger partial charge in [-0.3, -0.25) is 0 Å². The van der Waals surface area contributed by atoms with Gasteiger partial charge in [0.15, 0.2) is 11.5 Å². The van der Waals surface area contributed by atoms with Crippen LogP contribution in [0.1, 0.15) is 29.8 Å². The maximum Gasteiger partial charge on any atom is 0.161 e. The quantitative estimate of drug-likeness (QED) is 0.929. The van der Waals surface area contributed by atoms with Crippen LogP contribution in [0.3, 0.4) is 0 Å². The van der Waals surface area contributed by atoms with Gasteiger partial charge >= 0.3 is 0 Å². The third kappa shape index (κ3) is 3.14. The molecule has 3 rings (SSSR count). The lowest BCUT2D eigenvalue weighted by molar-refractivity contribution is 0.297. The molecule has 1 aromatic heterocycles. The summed E-state index contributed by atoms with van der Waals surface area (Å²) in [7, 11) is 0. The SMILES string of the molecule is CC(NCc1ccc2c(c1)OCCCO2)c1cccs1. The smallest absolute Gasteiger partial charge is 0.161 e. The van der Waals surface area contributed by atoms with Gasteiger partial charge in [-0.25, -0.2) is 0 Å². The molecule has 0 saturated carbocycles. The minimum absolute atomic E-state index is 0.367. The van der Waals surface area contributed by atoms with E-state index in [1.54, 1.807) is 11.3 Å². The van der Waals surface area contributed by atoms with Crippen molar-refractivity contribution in [2.45, 2.75) is 25.9 Å². The largest absolute Gasteiger partial charge is 0.490 e. The Morgan fingerprint density at radius 3 is 2.85 bits per heavy atom. The first-order valence-corrected chi connectivity index (χ1v) is 7.86. The average molecular weight is 289 g/mol. The minimum atomic E-state index is 0.367. The van der Waals surface area contributed by atoms with Crippen molar-refractivity contribution < 1.29 is 9.47 Å². The standard InChI is InChI=1S/C16H19NO2S/c1-12(16-4-2-9-20-16)17-11-13-5-6-14-15(10-13)19-8-3-7-18-14/h2,4-6,9-10,12,17H,3,7-8,11H2,1H3. The van der Waals surface area contributed by atoms with Crippen molar-refractivity contribution in [2.75, 3.05) is 13.2 Å². The van der Waals surface area contributed by atoms with Crippen molar-refractivity contribution in [2.24, 2.45) is 0 Å². The minimum Gasteiger partial charge on any atom is -0.490 e. The van der Waals surface area contributed by atoms with Crippen LogP contribution in [0, 0.1) is 0 Å². The van der Waals surface area contributed by atoms with Gasteiger partial charge in [0.25, 0.3) is 0 Å². The van der Waals surface area contributed by atoms with Gasteiger partial charge in [0.2, 0.25) is 0 Å². The fourth-order valence-corrected chi connectivity index (χ4v) is 2.99. The summed E-state index contributed by atoms with van der Waals surface area (Å²) in [6.07, 6.45) is 0.942. The highest BCUT2D eigenvalue weighted by atomic mass is 32.1. The Kier molecular flexibility index (Phi) is 4.23. The van der Waals surface area contributed by atoms with Crippen molar-refractivity contribution in [3.8, 4) is 11.5 Å². The van der Waals surface area contributed by atoms with Crippen LogP contribution in [0.15, 0.2) is 35.7 Å². The third-order valence-electron chi connectivity index (χ3n) is 3.39. The Morgan fingerprint density at radius 2 is 2.05 bits per heavy atom. The number of rotatable bonds is 4. The highest BCUT2D eigenvalue weighted by molar-refractivity contribution is 7.10. The lowest BCUT2D eigenvalue weighted by atomic mass is 10.2. The van der Waals surface area contributed by atoms with Gasteiger partial charge in [-0.05, 0) is 36.1 Å². The number of nitrogens with one attached hydrogen (secondary N) is 1.